The molecule has 7 nitrogen and oxygen atoms in total. The van der Waals surface area contributed by atoms with E-state index in [4.69, 9.17) is 10.5 Å². The summed E-state index contributed by atoms with van der Waals surface area (Å²) in [7, 11) is 1.71. The second kappa shape index (κ2) is 10.2. The standard InChI is InChI=1S/C13H27N5O2.HI/c1-13(2,11(14)19)10-17-12(15-3)16-4-5-18-6-8-20-9-7-18;/h4-10H2,1-3H3,(H2,14,19)(H2,15,16,17);1H. The van der Waals surface area contributed by atoms with Gasteiger partial charge >= 0.3 is 0 Å². The summed E-state index contributed by atoms with van der Waals surface area (Å²) in [5.41, 5.74) is 4.74. The van der Waals surface area contributed by atoms with Gasteiger partial charge in [0.1, 0.15) is 0 Å². The Balaban J connectivity index is 0.00000400. The first-order valence-corrected chi connectivity index (χ1v) is 7.00. The van der Waals surface area contributed by atoms with Gasteiger partial charge in [0.05, 0.1) is 18.6 Å². The molecule has 0 bridgehead atoms. The van der Waals surface area contributed by atoms with E-state index in [0.717, 1.165) is 39.4 Å². The van der Waals surface area contributed by atoms with Gasteiger partial charge in [0.2, 0.25) is 5.91 Å². The Morgan fingerprint density at radius 1 is 1.33 bits per heavy atom. The van der Waals surface area contributed by atoms with E-state index in [1.54, 1.807) is 7.05 Å². The lowest BCUT2D eigenvalue weighted by atomic mass is 9.93. The molecule has 4 N–H and O–H groups in total. The van der Waals surface area contributed by atoms with Crippen LogP contribution in [0.5, 0.6) is 0 Å². The fourth-order valence-corrected chi connectivity index (χ4v) is 1.77. The molecule has 1 amide bonds. The summed E-state index contributed by atoms with van der Waals surface area (Å²) in [5, 5.41) is 6.36. The van der Waals surface area contributed by atoms with Crippen molar-refractivity contribution in [2.75, 3.05) is 53.0 Å². The van der Waals surface area contributed by atoms with Crippen molar-refractivity contribution in [3.8, 4) is 0 Å². The highest BCUT2D eigenvalue weighted by Gasteiger charge is 2.24. The number of carbonyl (C=O) groups is 1. The minimum atomic E-state index is -0.595. The van der Waals surface area contributed by atoms with Gasteiger partial charge in [0, 0.05) is 39.8 Å². The molecule has 0 radical (unpaired) electrons. The van der Waals surface area contributed by atoms with Gasteiger partial charge in [0.25, 0.3) is 0 Å². The molecule has 0 unspecified atom stereocenters. The van der Waals surface area contributed by atoms with E-state index >= 15 is 0 Å². The first-order valence-electron chi connectivity index (χ1n) is 7.00. The maximum Gasteiger partial charge on any atom is 0.224 e. The number of nitrogens with one attached hydrogen (secondary N) is 2. The molecule has 1 saturated heterocycles. The van der Waals surface area contributed by atoms with E-state index in [1.165, 1.54) is 0 Å². The first kappa shape index (κ1) is 20.4. The number of nitrogens with zero attached hydrogens (tertiary/aromatic N) is 2. The van der Waals surface area contributed by atoms with Crippen molar-refractivity contribution < 1.29 is 9.53 Å². The van der Waals surface area contributed by atoms with Crippen LogP contribution in [-0.2, 0) is 9.53 Å². The van der Waals surface area contributed by atoms with Crippen molar-refractivity contribution in [1.82, 2.24) is 15.5 Å². The molecule has 0 aromatic rings. The molecule has 0 saturated carbocycles. The van der Waals surface area contributed by atoms with Crippen LogP contribution in [0.3, 0.4) is 0 Å². The van der Waals surface area contributed by atoms with E-state index in [1.807, 2.05) is 13.8 Å². The van der Waals surface area contributed by atoms with E-state index in [2.05, 4.69) is 20.5 Å². The number of carbonyl (C=O) groups excluding carboxylic acids is 1. The number of aliphatic imine (C=N–C) groups is 1. The zero-order valence-corrected chi connectivity index (χ0v) is 15.5. The Morgan fingerprint density at radius 2 is 1.95 bits per heavy atom. The molecule has 1 aliphatic heterocycles. The van der Waals surface area contributed by atoms with Crippen molar-refractivity contribution in [2.24, 2.45) is 16.1 Å². The molecule has 0 atom stereocenters. The average molecular weight is 413 g/mol. The Morgan fingerprint density at radius 3 is 2.48 bits per heavy atom. The van der Waals surface area contributed by atoms with E-state index in [9.17, 15) is 4.79 Å². The topological polar surface area (TPSA) is 92.0 Å². The molecule has 124 valence electrons. The van der Waals surface area contributed by atoms with Gasteiger partial charge in [-0.25, -0.2) is 0 Å². The largest absolute Gasteiger partial charge is 0.379 e. The summed E-state index contributed by atoms with van der Waals surface area (Å²) in [6.07, 6.45) is 0. The second-order valence-corrected chi connectivity index (χ2v) is 5.55. The van der Waals surface area contributed by atoms with Crippen molar-refractivity contribution in [1.29, 1.82) is 0 Å². The molecule has 0 aromatic carbocycles. The molecule has 1 heterocycles. The fourth-order valence-electron chi connectivity index (χ4n) is 1.77. The highest BCUT2D eigenvalue weighted by atomic mass is 127. The minimum absolute atomic E-state index is 0. The van der Waals surface area contributed by atoms with Gasteiger partial charge in [-0.3, -0.25) is 14.7 Å². The smallest absolute Gasteiger partial charge is 0.224 e. The summed E-state index contributed by atoms with van der Waals surface area (Å²) >= 11 is 0. The zero-order valence-electron chi connectivity index (χ0n) is 13.1. The number of halogens is 1. The van der Waals surface area contributed by atoms with Gasteiger partial charge in [-0.1, -0.05) is 0 Å². The third-order valence-corrected chi connectivity index (χ3v) is 3.41. The summed E-state index contributed by atoms with van der Waals surface area (Å²) in [6, 6.07) is 0. The average Bonchev–Trinajstić information content (AvgIpc) is 2.43. The minimum Gasteiger partial charge on any atom is -0.379 e. The quantitative estimate of drug-likeness (QED) is 0.314. The molecule has 8 heteroatoms. The molecule has 0 spiro atoms. The number of hydrogen-bond acceptors (Lipinski definition) is 4. The molecule has 21 heavy (non-hydrogen) atoms. The third-order valence-electron chi connectivity index (χ3n) is 3.41. The van der Waals surface area contributed by atoms with E-state index in [0.29, 0.717) is 12.5 Å². The second-order valence-electron chi connectivity index (χ2n) is 5.55. The zero-order chi connectivity index (χ0) is 15.0. The molecule has 1 fully saturated rings. The lowest BCUT2D eigenvalue weighted by molar-refractivity contribution is -0.125. The molecule has 0 aliphatic carbocycles. The Bertz CT molecular complexity index is 343. The fraction of sp³-hybridized carbons (Fsp3) is 0.846. The number of primary amides is 1. The van der Waals surface area contributed by atoms with Crippen LogP contribution in [0, 0.1) is 5.41 Å². The monoisotopic (exact) mass is 413 g/mol. The lowest BCUT2D eigenvalue weighted by Gasteiger charge is -2.27. The van der Waals surface area contributed by atoms with Gasteiger partial charge in [0.15, 0.2) is 5.96 Å². The number of hydrogen-bond donors (Lipinski definition) is 3. The number of rotatable bonds is 6. The summed E-state index contributed by atoms with van der Waals surface area (Å²) < 4.78 is 5.30. The third kappa shape index (κ3) is 7.82. The van der Waals surface area contributed by atoms with E-state index in [-0.39, 0.29) is 29.9 Å². The number of guanidine groups is 1. The van der Waals surface area contributed by atoms with Crippen molar-refractivity contribution in [3.05, 3.63) is 0 Å². The number of amides is 1. The summed E-state index contributed by atoms with van der Waals surface area (Å²) in [5.74, 6) is 0.362. The Kier molecular flexibility index (Phi) is 9.88. The van der Waals surface area contributed by atoms with Crippen LogP contribution in [0.1, 0.15) is 13.8 Å². The molecule has 1 rings (SSSR count). The predicted octanol–water partition coefficient (Wildman–Crippen LogP) is -0.387. The van der Waals surface area contributed by atoms with Crippen LogP contribution in [0.15, 0.2) is 4.99 Å². The van der Waals surface area contributed by atoms with Crippen LogP contribution in [-0.4, -0.2) is 69.8 Å². The predicted molar refractivity (Wildman–Crippen MR) is 95.0 cm³/mol. The molecular weight excluding hydrogens is 385 g/mol. The van der Waals surface area contributed by atoms with Gasteiger partial charge in [-0.15, -0.1) is 24.0 Å². The highest BCUT2D eigenvalue weighted by molar-refractivity contribution is 14.0. The number of morpholine rings is 1. The van der Waals surface area contributed by atoms with Crippen molar-refractivity contribution in [3.63, 3.8) is 0 Å². The Labute approximate surface area is 144 Å². The van der Waals surface area contributed by atoms with Crippen molar-refractivity contribution in [2.45, 2.75) is 13.8 Å². The molecule has 1 aliphatic rings. The van der Waals surface area contributed by atoms with Crippen LogP contribution in [0.2, 0.25) is 0 Å². The normalized spacial score (nSPS) is 17.0. The SMILES string of the molecule is CN=C(NCCN1CCOCC1)NCC(C)(C)C(N)=O.I. The number of ether oxygens (including phenoxy) is 1. The van der Waals surface area contributed by atoms with Gasteiger partial charge < -0.3 is 21.1 Å². The van der Waals surface area contributed by atoms with Gasteiger partial charge in [-0.05, 0) is 13.8 Å². The van der Waals surface area contributed by atoms with Crippen LogP contribution < -0.4 is 16.4 Å². The lowest BCUT2D eigenvalue weighted by Crippen LogP contribution is -2.48. The van der Waals surface area contributed by atoms with Crippen LogP contribution in [0.4, 0.5) is 0 Å². The Hall–Kier alpha value is -0.610. The van der Waals surface area contributed by atoms with Crippen LogP contribution >= 0.6 is 24.0 Å². The first-order chi connectivity index (χ1) is 9.45. The maximum atomic E-state index is 11.2. The maximum absolute atomic E-state index is 11.2. The summed E-state index contributed by atoms with van der Waals surface area (Å²) in [4.78, 5) is 17.7. The highest BCUT2D eigenvalue weighted by Crippen LogP contribution is 2.11. The molecular formula is C13H28IN5O2. The summed E-state index contributed by atoms with van der Waals surface area (Å²) in [6.45, 7) is 9.39. The molecule has 0 aromatic heterocycles. The van der Waals surface area contributed by atoms with Gasteiger partial charge in [-0.2, -0.15) is 0 Å². The van der Waals surface area contributed by atoms with Crippen LogP contribution in [0.25, 0.3) is 0 Å². The number of nitrogens with two attached hydrogens (primary N) is 1. The van der Waals surface area contributed by atoms with E-state index < -0.39 is 5.41 Å². The van der Waals surface area contributed by atoms with Crippen molar-refractivity contribution >= 4 is 35.8 Å².